The fourth-order valence-electron chi connectivity index (χ4n) is 1.49. The van der Waals surface area contributed by atoms with Gasteiger partial charge in [0, 0.05) is 0 Å². The molecule has 0 aliphatic heterocycles. The van der Waals surface area contributed by atoms with Crippen LogP contribution >= 0.6 is 0 Å². The Hall–Kier alpha value is -1.46. The van der Waals surface area contributed by atoms with Crippen molar-refractivity contribution < 1.29 is 19.4 Å². The normalized spacial score (nSPS) is 16.2. The van der Waals surface area contributed by atoms with Crippen molar-refractivity contribution in [2.45, 2.75) is 24.5 Å². The summed E-state index contributed by atoms with van der Waals surface area (Å²) < 4.78 is 12.6. The van der Waals surface area contributed by atoms with E-state index in [4.69, 9.17) is 10.8 Å². The molecule has 0 amide bonds. The van der Waals surface area contributed by atoms with Gasteiger partial charge in [0.1, 0.15) is 6.67 Å². The lowest BCUT2D eigenvalue weighted by atomic mass is 9.90. The highest BCUT2D eigenvalue weighted by Gasteiger charge is 2.41. The number of carboxylic acid groups (broad SMARTS) is 1. The van der Waals surface area contributed by atoms with Crippen LogP contribution in [0.3, 0.4) is 0 Å². The first-order valence-electron chi connectivity index (χ1n) is 5.31. The van der Waals surface area contributed by atoms with E-state index in [9.17, 15) is 14.3 Å². The molecule has 0 heterocycles. The highest BCUT2D eigenvalue weighted by Crippen LogP contribution is 2.15. The zero-order valence-electron chi connectivity index (χ0n) is 9.34. The fourth-order valence-corrected chi connectivity index (χ4v) is 1.49. The van der Waals surface area contributed by atoms with E-state index in [1.165, 1.54) is 0 Å². The zero-order valence-corrected chi connectivity index (χ0v) is 9.34. The summed E-state index contributed by atoms with van der Waals surface area (Å²) in [6.07, 6.45) is -0.851. The van der Waals surface area contributed by atoms with E-state index in [2.05, 4.69) is 0 Å². The van der Waals surface area contributed by atoms with Crippen molar-refractivity contribution in [1.29, 1.82) is 0 Å². The third-order valence-electron chi connectivity index (χ3n) is 2.76. The van der Waals surface area contributed by atoms with E-state index in [-0.39, 0.29) is 6.42 Å². The molecule has 94 valence electrons. The Balaban J connectivity index is 2.60. The van der Waals surface area contributed by atoms with Crippen molar-refractivity contribution in [2.75, 3.05) is 6.67 Å². The largest absolute Gasteiger partial charge is 0.480 e. The SMILES string of the molecule is NC(CF)(C(=O)O)C(O)CCc1ccccc1. The molecule has 0 aliphatic carbocycles. The van der Waals surface area contributed by atoms with Gasteiger partial charge < -0.3 is 15.9 Å². The van der Waals surface area contributed by atoms with Gasteiger partial charge in [0.05, 0.1) is 6.10 Å². The molecular formula is C12H16FNO3. The molecule has 2 unspecified atom stereocenters. The van der Waals surface area contributed by atoms with Crippen molar-refractivity contribution in [3.05, 3.63) is 35.9 Å². The maximum absolute atomic E-state index is 12.6. The molecule has 1 aromatic rings. The molecule has 0 aromatic heterocycles. The Labute approximate surface area is 98.9 Å². The van der Waals surface area contributed by atoms with Crippen LogP contribution in [0.15, 0.2) is 30.3 Å². The van der Waals surface area contributed by atoms with Crippen molar-refractivity contribution in [3.63, 3.8) is 0 Å². The molecule has 0 radical (unpaired) electrons. The maximum Gasteiger partial charge on any atom is 0.329 e. The number of benzene rings is 1. The molecule has 1 aromatic carbocycles. The highest BCUT2D eigenvalue weighted by atomic mass is 19.1. The lowest BCUT2D eigenvalue weighted by Gasteiger charge is -2.27. The Morgan fingerprint density at radius 3 is 2.47 bits per heavy atom. The Bertz CT molecular complexity index is 371. The van der Waals surface area contributed by atoms with Gasteiger partial charge in [-0.15, -0.1) is 0 Å². The summed E-state index contributed by atoms with van der Waals surface area (Å²) >= 11 is 0. The first-order valence-corrected chi connectivity index (χ1v) is 5.31. The van der Waals surface area contributed by atoms with E-state index < -0.39 is 24.3 Å². The van der Waals surface area contributed by atoms with Crippen LogP contribution in [0.5, 0.6) is 0 Å². The molecule has 2 atom stereocenters. The van der Waals surface area contributed by atoms with Gasteiger partial charge in [0.2, 0.25) is 0 Å². The number of alkyl halides is 1. The number of rotatable bonds is 6. The topological polar surface area (TPSA) is 83.6 Å². The summed E-state index contributed by atoms with van der Waals surface area (Å²) in [7, 11) is 0. The Kier molecular flexibility index (Phi) is 4.60. The first kappa shape index (κ1) is 13.6. The quantitative estimate of drug-likeness (QED) is 0.685. The molecule has 1 rings (SSSR count). The van der Waals surface area contributed by atoms with Crippen molar-refractivity contribution >= 4 is 5.97 Å². The standard InChI is InChI=1S/C12H16FNO3/c13-8-12(14,11(16)17)10(15)7-6-9-4-2-1-3-5-9/h1-5,10,15H,6-8,14H2,(H,16,17). The number of carboxylic acids is 1. The number of carbonyl (C=O) groups is 1. The van der Waals surface area contributed by atoms with Crippen molar-refractivity contribution in [2.24, 2.45) is 5.73 Å². The predicted molar refractivity (Wildman–Crippen MR) is 61.3 cm³/mol. The van der Waals surface area contributed by atoms with Crippen LogP contribution in [0.1, 0.15) is 12.0 Å². The van der Waals surface area contributed by atoms with Crippen molar-refractivity contribution in [3.8, 4) is 0 Å². The number of aliphatic hydroxyl groups is 1. The van der Waals surface area contributed by atoms with E-state index >= 15 is 0 Å². The number of nitrogens with two attached hydrogens (primary N) is 1. The molecule has 4 nitrogen and oxygen atoms in total. The monoisotopic (exact) mass is 241 g/mol. The van der Waals surface area contributed by atoms with E-state index in [1.807, 2.05) is 30.3 Å². The summed E-state index contributed by atoms with van der Waals surface area (Å²) in [5.74, 6) is -1.53. The number of aliphatic hydroxyl groups excluding tert-OH is 1. The van der Waals surface area contributed by atoms with E-state index in [0.717, 1.165) is 5.56 Å². The van der Waals surface area contributed by atoms with Crippen molar-refractivity contribution in [1.82, 2.24) is 0 Å². The minimum atomic E-state index is -2.21. The molecule has 0 fully saturated rings. The zero-order chi connectivity index (χ0) is 12.9. The molecule has 0 spiro atoms. The number of halogens is 1. The van der Waals surface area contributed by atoms with Gasteiger partial charge in [0.25, 0.3) is 0 Å². The van der Waals surface area contributed by atoms with Gasteiger partial charge in [-0.1, -0.05) is 30.3 Å². The van der Waals surface area contributed by atoms with E-state index in [0.29, 0.717) is 6.42 Å². The average Bonchev–Trinajstić information content (AvgIpc) is 2.35. The minimum absolute atomic E-state index is 0.108. The minimum Gasteiger partial charge on any atom is -0.480 e. The smallest absolute Gasteiger partial charge is 0.329 e. The van der Waals surface area contributed by atoms with E-state index in [1.54, 1.807) is 0 Å². The van der Waals surface area contributed by atoms with Gasteiger partial charge >= 0.3 is 5.97 Å². The lowest BCUT2D eigenvalue weighted by molar-refractivity contribution is -0.149. The van der Waals surface area contributed by atoms with Crippen LogP contribution in [0.25, 0.3) is 0 Å². The molecule has 5 heteroatoms. The Morgan fingerprint density at radius 2 is 2.00 bits per heavy atom. The molecule has 0 saturated carbocycles. The van der Waals surface area contributed by atoms with Crippen LogP contribution in [0.4, 0.5) is 4.39 Å². The number of aryl methyl sites for hydroxylation is 1. The summed E-state index contributed by atoms with van der Waals surface area (Å²) in [4.78, 5) is 10.8. The summed E-state index contributed by atoms with van der Waals surface area (Å²) in [5.41, 5.74) is 4.05. The third kappa shape index (κ3) is 3.25. The summed E-state index contributed by atoms with van der Waals surface area (Å²) in [5, 5.41) is 18.4. The second kappa shape index (κ2) is 5.75. The lowest BCUT2D eigenvalue weighted by Crippen LogP contribution is -2.59. The molecule has 0 aliphatic rings. The molecular weight excluding hydrogens is 225 g/mol. The second-order valence-electron chi connectivity index (χ2n) is 4.02. The van der Waals surface area contributed by atoms with Gasteiger partial charge in [-0.2, -0.15) is 0 Å². The third-order valence-corrected chi connectivity index (χ3v) is 2.76. The highest BCUT2D eigenvalue weighted by molar-refractivity contribution is 5.79. The van der Waals surface area contributed by atoms with Crippen LogP contribution in [-0.2, 0) is 11.2 Å². The number of hydrogen-bond acceptors (Lipinski definition) is 3. The predicted octanol–water partition coefficient (Wildman–Crippen LogP) is 0.732. The second-order valence-corrected chi connectivity index (χ2v) is 4.02. The fraction of sp³-hybridized carbons (Fsp3) is 0.417. The van der Waals surface area contributed by atoms with Crippen LogP contribution in [0.2, 0.25) is 0 Å². The number of hydrogen-bond donors (Lipinski definition) is 3. The molecule has 4 N–H and O–H groups in total. The summed E-state index contributed by atoms with van der Waals surface area (Å²) in [6.45, 7) is -1.29. The van der Waals surface area contributed by atoms with Gasteiger partial charge in [-0.3, -0.25) is 4.79 Å². The van der Waals surface area contributed by atoms with Gasteiger partial charge in [0.15, 0.2) is 5.54 Å². The van der Waals surface area contributed by atoms with Crippen LogP contribution in [-0.4, -0.2) is 34.5 Å². The maximum atomic E-state index is 12.6. The van der Waals surface area contributed by atoms with Crippen LogP contribution in [0, 0.1) is 0 Å². The van der Waals surface area contributed by atoms with Gasteiger partial charge in [-0.05, 0) is 18.4 Å². The molecule has 0 saturated heterocycles. The molecule has 17 heavy (non-hydrogen) atoms. The number of aliphatic carboxylic acids is 1. The Morgan fingerprint density at radius 1 is 1.41 bits per heavy atom. The first-order chi connectivity index (χ1) is 8.00. The van der Waals surface area contributed by atoms with Crippen LogP contribution < -0.4 is 5.73 Å². The molecule has 0 bridgehead atoms. The van der Waals surface area contributed by atoms with Gasteiger partial charge in [-0.25, -0.2) is 4.39 Å². The summed E-state index contributed by atoms with van der Waals surface area (Å²) in [6, 6.07) is 9.22. The average molecular weight is 241 g/mol.